The van der Waals surface area contributed by atoms with Crippen LogP contribution in [0.4, 0.5) is 11.4 Å². The van der Waals surface area contributed by atoms with Gasteiger partial charge in [-0.2, -0.15) is 0 Å². The average Bonchev–Trinajstić information content (AvgIpc) is 2.37. The van der Waals surface area contributed by atoms with Gasteiger partial charge in [-0.25, -0.2) is 0 Å². The number of hydrogen-bond acceptors (Lipinski definition) is 3. The van der Waals surface area contributed by atoms with Crippen LogP contribution in [0.15, 0.2) is 40.9 Å². The Balaban J connectivity index is 2.21. The van der Waals surface area contributed by atoms with Crippen molar-refractivity contribution in [2.45, 2.75) is 6.92 Å². The molecule has 2 rings (SSSR count). The molecule has 0 heterocycles. The topological polar surface area (TPSA) is 64.3 Å². The molecule has 0 radical (unpaired) electrons. The molecule has 0 spiro atoms. The molecule has 4 nitrogen and oxygen atoms in total. The molecule has 0 aliphatic heterocycles. The van der Waals surface area contributed by atoms with Crippen LogP contribution < -0.4 is 15.8 Å². The molecule has 2 aromatic carbocycles. The molecule has 104 valence electrons. The molecule has 0 saturated heterocycles. The number of hydrogen-bond donors (Lipinski definition) is 2. The van der Waals surface area contributed by atoms with Crippen molar-refractivity contribution in [3.63, 3.8) is 0 Å². The lowest BCUT2D eigenvalue weighted by molar-refractivity contribution is 0.102. The molecule has 0 fully saturated rings. The molecule has 3 N–H and O–H groups in total. The summed E-state index contributed by atoms with van der Waals surface area (Å²) < 4.78 is 5.99. The van der Waals surface area contributed by atoms with Crippen molar-refractivity contribution in [3.8, 4) is 5.75 Å². The Kier molecular flexibility index (Phi) is 4.29. The van der Waals surface area contributed by atoms with Crippen LogP contribution >= 0.6 is 15.9 Å². The number of rotatable bonds is 3. The quantitative estimate of drug-likeness (QED) is 0.843. The molecule has 20 heavy (non-hydrogen) atoms. The van der Waals surface area contributed by atoms with Crippen LogP contribution in [0.1, 0.15) is 15.9 Å². The maximum absolute atomic E-state index is 12.2. The summed E-state index contributed by atoms with van der Waals surface area (Å²) in [5.74, 6) is 0.344. The van der Waals surface area contributed by atoms with Gasteiger partial charge < -0.3 is 15.8 Å². The van der Waals surface area contributed by atoms with E-state index >= 15 is 0 Å². The number of nitrogen functional groups attached to an aromatic ring is 1. The van der Waals surface area contributed by atoms with Gasteiger partial charge in [-0.3, -0.25) is 4.79 Å². The third-order valence-electron chi connectivity index (χ3n) is 2.79. The molecular weight excluding hydrogens is 320 g/mol. The standard InChI is InChI=1S/C15H15BrN2O2/c1-9-5-11(16)8-12(6-9)18-15(19)10-3-4-14(20-2)13(17)7-10/h3-8H,17H2,1-2H3,(H,18,19). The van der Waals surface area contributed by atoms with E-state index in [4.69, 9.17) is 10.5 Å². The van der Waals surface area contributed by atoms with Crippen LogP contribution in [0.5, 0.6) is 5.75 Å². The van der Waals surface area contributed by atoms with Crippen molar-refractivity contribution in [1.29, 1.82) is 0 Å². The highest BCUT2D eigenvalue weighted by Crippen LogP contribution is 2.23. The SMILES string of the molecule is COc1ccc(C(=O)Nc2cc(C)cc(Br)c2)cc1N. The largest absolute Gasteiger partial charge is 0.495 e. The zero-order valence-corrected chi connectivity index (χ0v) is 12.8. The minimum absolute atomic E-state index is 0.211. The van der Waals surface area contributed by atoms with E-state index in [9.17, 15) is 4.79 Å². The minimum atomic E-state index is -0.211. The Bertz CT molecular complexity index is 636. The van der Waals surface area contributed by atoms with Crippen LogP contribution in [-0.2, 0) is 0 Å². The lowest BCUT2D eigenvalue weighted by atomic mass is 10.1. The van der Waals surface area contributed by atoms with Gasteiger partial charge in [-0.1, -0.05) is 15.9 Å². The third-order valence-corrected chi connectivity index (χ3v) is 3.25. The van der Waals surface area contributed by atoms with E-state index in [0.29, 0.717) is 17.0 Å². The van der Waals surface area contributed by atoms with Crippen molar-refractivity contribution >= 4 is 33.2 Å². The Morgan fingerprint density at radius 3 is 2.60 bits per heavy atom. The molecule has 0 unspecified atom stereocenters. The van der Waals surface area contributed by atoms with E-state index in [0.717, 1.165) is 15.7 Å². The highest BCUT2D eigenvalue weighted by atomic mass is 79.9. The first-order valence-electron chi connectivity index (χ1n) is 6.01. The van der Waals surface area contributed by atoms with Gasteiger partial charge in [0.2, 0.25) is 0 Å². The Morgan fingerprint density at radius 1 is 1.25 bits per heavy atom. The first-order valence-corrected chi connectivity index (χ1v) is 6.81. The van der Waals surface area contributed by atoms with E-state index in [1.807, 2.05) is 25.1 Å². The predicted octanol–water partition coefficient (Wildman–Crippen LogP) is 3.60. The predicted molar refractivity (Wildman–Crippen MR) is 84.2 cm³/mol. The number of carbonyl (C=O) groups excluding carboxylic acids is 1. The van der Waals surface area contributed by atoms with Crippen molar-refractivity contribution in [2.24, 2.45) is 0 Å². The number of methoxy groups -OCH3 is 1. The number of ether oxygens (including phenoxy) is 1. The van der Waals surface area contributed by atoms with Crippen molar-refractivity contribution in [1.82, 2.24) is 0 Å². The zero-order chi connectivity index (χ0) is 14.7. The second kappa shape index (κ2) is 5.96. The zero-order valence-electron chi connectivity index (χ0n) is 11.2. The summed E-state index contributed by atoms with van der Waals surface area (Å²) in [6.07, 6.45) is 0. The normalized spacial score (nSPS) is 10.2. The molecule has 2 aromatic rings. The molecule has 0 atom stereocenters. The summed E-state index contributed by atoms with van der Waals surface area (Å²) in [6.45, 7) is 1.96. The number of nitrogens with two attached hydrogens (primary N) is 1. The van der Waals surface area contributed by atoms with Crippen LogP contribution in [0.25, 0.3) is 0 Å². The maximum Gasteiger partial charge on any atom is 0.255 e. The van der Waals surface area contributed by atoms with E-state index < -0.39 is 0 Å². The fourth-order valence-electron chi connectivity index (χ4n) is 1.89. The summed E-state index contributed by atoms with van der Waals surface area (Å²) in [7, 11) is 1.54. The van der Waals surface area contributed by atoms with Gasteiger partial charge in [0.25, 0.3) is 5.91 Å². The molecule has 0 aliphatic rings. The fourth-order valence-corrected chi connectivity index (χ4v) is 2.50. The second-order valence-corrected chi connectivity index (χ2v) is 5.34. The molecule has 0 aliphatic carbocycles. The minimum Gasteiger partial charge on any atom is -0.495 e. The van der Waals surface area contributed by atoms with Crippen LogP contribution in [0.2, 0.25) is 0 Å². The Labute approximate surface area is 126 Å². The molecule has 0 bridgehead atoms. The van der Waals surface area contributed by atoms with Crippen molar-refractivity contribution in [2.75, 3.05) is 18.2 Å². The Hall–Kier alpha value is -2.01. The van der Waals surface area contributed by atoms with Crippen molar-refractivity contribution < 1.29 is 9.53 Å². The fraction of sp³-hybridized carbons (Fsp3) is 0.133. The number of halogens is 1. The van der Waals surface area contributed by atoms with Crippen LogP contribution in [0, 0.1) is 6.92 Å². The highest BCUT2D eigenvalue weighted by molar-refractivity contribution is 9.10. The number of benzene rings is 2. The highest BCUT2D eigenvalue weighted by Gasteiger charge is 2.09. The summed E-state index contributed by atoms with van der Waals surface area (Å²) in [5.41, 5.74) is 8.51. The first-order chi connectivity index (χ1) is 9.49. The lowest BCUT2D eigenvalue weighted by Gasteiger charge is -2.09. The second-order valence-electron chi connectivity index (χ2n) is 4.43. The lowest BCUT2D eigenvalue weighted by Crippen LogP contribution is -2.12. The molecule has 5 heteroatoms. The number of aryl methyl sites for hydroxylation is 1. The summed E-state index contributed by atoms with van der Waals surface area (Å²) in [4.78, 5) is 12.2. The van der Waals surface area contributed by atoms with E-state index in [1.165, 1.54) is 7.11 Å². The number of carbonyl (C=O) groups is 1. The van der Waals surface area contributed by atoms with E-state index in [1.54, 1.807) is 18.2 Å². The summed E-state index contributed by atoms with van der Waals surface area (Å²) >= 11 is 3.40. The van der Waals surface area contributed by atoms with Gasteiger partial charge in [0.1, 0.15) is 5.75 Å². The Morgan fingerprint density at radius 2 is 2.00 bits per heavy atom. The first kappa shape index (κ1) is 14.4. The van der Waals surface area contributed by atoms with Gasteiger partial charge in [0.05, 0.1) is 12.8 Å². The molecule has 1 amide bonds. The molecule has 0 aromatic heterocycles. The van der Waals surface area contributed by atoms with Crippen LogP contribution in [0.3, 0.4) is 0 Å². The van der Waals surface area contributed by atoms with Crippen molar-refractivity contribution in [3.05, 3.63) is 52.0 Å². The monoisotopic (exact) mass is 334 g/mol. The molecule has 0 saturated carbocycles. The third kappa shape index (κ3) is 3.30. The van der Waals surface area contributed by atoms with Crippen LogP contribution in [-0.4, -0.2) is 13.0 Å². The molecular formula is C15H15BrN2O2. The van der Waals surface area contributed by atoms with Gasteiger partial charge in [-0.05, 0) is 48.9 Å². The van der Waals surface area contributed by atoms with Gasteiger partial charge in [0.15, 0.2) is 0 Å². The summed E-state index contributed by atoms with van der Waals surface area (Å²) in [6, 6.07) is 10.7. The maximum atomic E-state index is 12.2. The number of nitrogens with one attached hydrogen (secondary N) is 1. The van der Waals surface area contributed by atoms with Gasteiger partial charge >= 0.3 is 0 Å². The number of amides is 1. The van der Waals surface area contributed by atoms with E-state index in [2.05, 4.69) is 21.2 Å². The average molecular weight is 335 g/mol. The van der Waals surface area contributed by atoms with Gasteiger partial charge in [-0.15, -0.1) is 0 Å². The smallest absolute Gasteiger partial charge is 0.255 e. The van der Waals surface area contributed by atoms with Gasteiger partial charge in [0, 0.05) is 15.7 Å². The number of anilines is 2. The summed E-state index contributed by atoms with van der Waals surface area (Å²) in [5, 5.41) is 2.84. The van der Waals surface area contributed by atoms with E-state index in [-0.39, 0.29) is 5.91 Å².